The summed E-state index contributed by atoms with van der Waals surface area (Å²) in [6.07, 6.45) is 8.26. The van der Waals surface area contributed by atoms with E-state index in [0.29, 0.717) is 0 Å². The summed E-state index contributed by atoms with van der Waals surface area (Å²) < 4.78 is 11.3. The maximum Gasteiger partial charge on any atom is 0.129 e. The van der Waals surface area contributed by atoms with Gasteiger partial charge in [0.2, 0.25) is 0 Å². The Bertz CT molecular complexity index is 452. The molecule has 0 aromatic heterocycles. The van der Waals surface area contributed by atoms with E-state index in [9.17, 15) is 5.11 Å². The zero-order valence-corrected chi connectivity index (χ0v) is 12.2. The highest BCUT2D eigenvalue weighted by atomic mass is 16.5. The summed E-state index contributed by atoms with van der Waals surface area (Å²) in [6.45, 7) is 0. The minimum absolute atomic E-state index is 0.146. The lowest BCUT2D eigenvalue weighted by molar-refractivity contribution is 0.0492. The number of rotatable bonds is 3. The summed E-state index contributed by atoms with van der Waals surface area (Å²) in [7, 11) is 1.65. The average molecular weight is 276 g/mol. The third-order valence-electron chi connectivity index (χ3n) is 4.68. The Morgan fingerprint density at radius 2 is 2.05 bits per heavy atom. The van der Waals surface area contributed by atoms with E-state index in [4.69, 9.17) is 9.47 Å². The average Bonchev–Trinajstić information content (AvgIpc) is 2.47. The molecule has 1 N–H and O–H groups in total. The van der Waals surface area contributed by atoms with Gasteiger partial charge in [0.05, 0.1) is 13.2 Å². The standard InChI is InChI=1S/C17H24O3/c1-19-13-7-8-15-16(18)10-14(20-17(15)11-13)9-12-5-3-2-4-6-12/h7-8,11-12,14,16,18H,2-6,9-10H2,1H3/t14?,16-/m0/s1. The van der Waals surface area contributed by atoms with Crippen LogP contribution in [0.2, 0.25) is 0 Å². The quantitative estimate of drug-likeness (QED) is 0.911. The zero-order valence-electron chi connectivity index (χ0n) is 12.2. The van der Waals surface area contributed by atoms with Crippen LogP contribution in [0.5, 0.6) is 11.5 Å². The van der Waals surface area contributed by atoms with Crippen LogP contribution in [-0.2, 0) is 0 Å². The number of fused-ring (bicyclic) bond motifs is 1. The lowest BCUT2D eigenvalue weighted by Crippen LogP contribution is -2.28. The van der Waals surface area contributed by atoms with Crippen LogP contribution in [0, 0.1) is 5.92 Å². The largest absolute Gasteiger partial charge is 0.497 e. The van der Waals surface area contributed by atoms with Gasteiger partial charge in [0.25, 0.3) is 0 Å². The molecule has 1 saturated carbocycles. The molecule has 0 spiro atoms. The predicted molar refractivity (Wildman–Crippen MR) is 78.2 cm³/mol. The molecule has 1 aliphatic heterocycles. The number of aliphatic hydroxyl groups is 1. The van der Waals surface area contributed by atoms with Crippen molar-refractivity contribution in [2.45, 2.75) is 57.2 Å². The minimum Gasteiger partial charge on any atom is -0.497 e. The second-order valence-corrected chi connectivity index (χ2v) is 6.13. The summed E-state index contributed by atoms with van der Waals surface area (Å²) in [5.74, 6) is 2.35. The van der Waals surface area contributed by atoms with Gasteiger partial charge >= 0.3 is 0 Å². The van der Waals surface area contributed by atoms with Gasteiger partial charge in [-0.2, -0.15) is 0 Å². The summed E-state index contributed by atoms with van der Waals surface area (Å²) in [6, 6.07) is 5.69. The number of hydrogen-bond donors (Lipinski definition) is 1. The molecule has 2 aliphatic rings. The van der Waals surface area contributed by atoms with Gasteiger partial charge in [-0.25, -0.2) is 0 Å². The van der Waals surface area contributed by atoms with Crippen LogP contribution in [0.4, 0.5) is 0 Å². The molecule has 1 aromatic rings. The molecule has 0 bridgehead atoms. The molecule has 0 saturated heterocycles. The Balaban J connectivity index is 1.70. The molecular formula is C17H24O3. The Morgan fingerprint density at radius 3 is 2.80 bits per heavy atom. The van der Waals surface area contributed by atoms with Crippen LogP contribution < -0.4 is 9.47 Å². The first-order valence-corrected chi connectivity index (χ1v) is 7.79. The van der Waals surface area contributed by atoms with Crippen molar-refractivity contribution in [3.05, 3.63) is 23.8 Å². The van der Waals surface area contributed by atoms with Crippen molar-refractivity contribution in [3.63, 3.8) is 0 Å². The molecule has 3 rings (SSSR count). The lowest BCUT2D eigenvalue weighted by atomic mass is 9.83. The second kappa shape index (κ2) is 6.04. The van der Waals surface area contributed by atoms with Gasteiger partial charge in [-0.05, 0) is 24.5 Å². The molecular weight excluding hydrogens is 252 g/mol. The molecule has 0 radical (unpaired) electrons. The third-order valence-corrected chi connectivity index (χ3v) is 4.68. The van der Waals surface area contributed by atoms with Gasteiger partial charge in [0, 0.05) is 18.1 Å². The van der Waals surface area contributed by atoms with E-state index in [0.717, 1.165) is 35.8 Å². The van der Waals surface area contributed by atoms with Gasteiger partial charge in [-0.15, -0.1) is 0 Å². The van der Waals surface area contributed by atoms with Crippen LogP contribution in [0.1, 0.15) is 56.6 Å². The fourth-order valence-electron chi connectivity index (χ4n) is 3.56. The maximum atomic E-state index is 10.3. The molecule has 3 nitrogen and oxygen atoms in total. The highest BCUT2D eigenvalue weighted by molar-refractivity contribution is 5.43. The number of benzene rings is 1. The van der Waals surface area contributed by atoms with Crippen LogP contribution in [0.3, 0.4) is 0 Å². The molecule has 1 aliphatic carbocycles. The number of hydrogen-bond acceptors (Lipinski definition) is 3. The van der Waals surface area contributed by atoms with E-state index in [1.54, 1.807) is 7.11 Å². The fraction of sp³-hybridized carbons (Fsp3) is 0.647. The first-order chi connectivity index (χ1) is 9.76. The van der Waals surface area contributed by atoms with Crippen LogP contribution in [0.15, 0.2) is 18.2 Å². The Kier molecular flexibility index (Phi) is 4.16. The van der Waals surface area contributed by atoms with E-state index in [2.05, 4.69) is 0 Å². The third kappa shape index (κ3) is 2.93. The van der Waals surface area contributed by atoms with Crippen LogP contribution >= 0.6 is 0 Å². The monoisotopic (exact) mass is 276 g/mol. The van der Waals surface area contributed by atoms with E-state index in [1.165, 1.54) is 32.1 Å². The van der Waals surface area contributed by atoms with Crippen molar-refractivity contribution in [2.75, 3.05) is 7.11 Å². The van der Waals surface area contributed by atoms with E-state index < -0.39 is 6.10 Å². The van der Waals surface area contributed by atoms with Gasteiger partial charge in [-0.1, -0.05) is 32.1 Å². The van der Waals surface area contributed by atoms with Crippen molar-refractivity contribution in [3.8, 4) is 11.5 Å². The van der Waals surface area contributed by atoms with Gasteiger partial charge in [-0.3, -0.25) is 0 Å². The first-order valence-electron chi connectivity index (χ1n) is 7.79. The predicted octanol–water partition coefficient (Wildman–Crippen LogP) is 3.85. The SMILES string of the molecule is COc1ccc2c(c1)OC(CC1CCCCC1)C[C@@H]2O. The summed E-state index contributed by atoms with van der Waals surface area (Å²) in [5, 5.41) is 10.3. The highest BCUT2D eigenvalue weighted by Gasteiger charge is 2.29. The Labute approximate surface area is 120 Å². The van der Waals surface area contributed by atoms with Gasteiger partial charge in [0.1, 0.15) is 17.6 Å². The molecule has 3 heteroatoms. The normalized spacial score (nSPS) is 26.7. The molecule has 1 aromatic carbocycles. The van der Waals surface area contributed by atoms with Crippen molar-refractivity contribution >= 4 is 0 Å². The zero-order chi connectivity index (χ0) is 13.9. The van der Waals surface area contributed by atoms with Crippen LogP contribution in [0.25, 0.3) is 0 Å². The van der Waals surface area contributed by atoms with Crippen LogP contribution in [-0.4, -0.2) is 18.3 Å². The van der Waals surface area contributed by atoms with E-state index in [1.807, 2.05) is 18.2 Å². The number of methoxy groups -OCH3 is 1. The number of ether oxygens (including phenoxy) is 2. The lowest BCUT2D eigenvalue weighted by Gasteiger charge is -2.33. The van der Waals surface area contributed by atoms with Crippen molar-refractivity contribution in [1.82, 2.24) is 0 Å². The Hall–Kier alpha value is -1.22. The molecule has 1 unspecified atom stereocenters. The molecule has 110 valence electrons. The second-order valence-electron chi connectivity index (χ2n) is 6.13. The van der Waals surface area contributed by atoms with E-state index >= 15 is 0 Å². The number of aliphatic hydroxyl groups excluding tert-OH is 1. The Morgan fingerprint density at radius 1 is 1.25 bits per heavy atom. The topological polar surface area (TPSA) is 38.7 Å². The highest BCUT2D eigenvalue weighted by Crippen LogP contribution is 2.40. The van der Waals surface area contributed by atoms with Gasteiger partial charge in [0.15, 0.2) is 0 Å². The molecule has 20 heavy (non-hydrogen) atoms. The summed E-state index contributed by atoms with van der Waals surface area (Å²) >= 11 is 0. The summed E-state index contributed by atoms with van der Waals surface area (Å²) in [5.41, 5.74) is 0.894. The molecule has 0 amide bonds. The minimum atomic E-state index is -0.404. The summed E-state index contributed by atoms with van der Waals surface area (Å²) in [4.78, 5) is 0. The van der Waals surface area contributed by atoms with Crippen molar-refractivity contribution < 1.29 is 14.6 Å². The smallest absolute Gasteiger partial charge is 0.129 e. The molecule has 2 atom stereocenters. The van der Waals surface area contributed by atoms with Gasteiger partial charge < -0.3 is 14.6 Å². The van der Waals surface area contributed by atoms with E-state index in [-0.39, 0.29) is 6.10 Å². The van der Waals surface area contributed by atoms with Crippen molar-refractivity contribution in [2.24, 2.45) is 5.92 Å². The first kappa shape index (κ1) is 13.7. The molecule has 1 heterocycles. The molecule has 1 fully saturated rings. The maximum absolute atomic E-state index is 10.3. The van der Waals surface area contributed by atoms with Crippen molar-refractivity contribution in [1.29, 1.82) is 0 Å². The fourth-order valence-corrected chi connectivity index (χ4v) is 3.56.